The van der Waals surface area contributed by atoms with Gasteiger partial charge in [-0.25, -0.2) is 9.59 Å². The fourth-order valence-corrected chi connectivity index (χ4v) is 1.65. The smallest absolute Gasteiger partial charge is 0.413 e. The van der Waals surface area contributed by atoms with Crippen molar-refractivity contribution in [3.8, 4) is 0 Å². The Morgan fingerprint density at radius 2 is 1.23 bits per heavy atom. The normalized spacial score (nSPS) is 9.55. The van der Waals surface area contributed by atoms with Gasteiger partial charge in [0.2, 0.25) is 0 Å². The lowest BCUT2D eigenvalue weighted by molar-refractivity contribution is 0.175. The number of thiocarbonyl (C=S) groups is 2. The number of nitrogens with zero attached hydrogens (tertiary/aromatic N) is 2. The van der Waals surface area contributed by atoms with Crippen molar-refractivity contribution in [2.45, 2.75) is 0 Å². The summed E-state index contributed by atoms with van der Waals surface area (Å²) in [6.07, 6.45) is -2.41. The molecule has 1 rings (SSSR count). The van der Waals surface area contributed by atoms with Crippen LogP contribution >= 0.6 is 24.4 Å². The molecule has 0 atom stereocenters. The minimum Gasteiger partial charge on any atom is -0.465 e. The molecule has 0 saturated heterocycles. The molecule has 0 bridgehead atoms. The van der Waals surface area contributed by atoms with Crippen molar-refractivity contribution in [1.82, 2.24) is 9.80 Å². The summed E-state index contributed by atoms with van der Waals surface area (Å²) in [4.78, 5) is 23.4. The molecule has 1 aromatic carbocycles. The van der Waals surface area contributed by atoms with Gasteiger partial charge in [0.05, 0.1) is 11.4 Å². The first-order chi connectivity index (χ1) is 10.2. The molecule has 2 amide bonds. The molecule has 0 aliphatic rings. The molecule has 0 saturated carbocycles. The summed E-state index contributed by atoms with van der Waals surface area (Å²) in [5.41, 5.74) is 0.920. The topological polar surface area (TPSA) is 105 Å². The predicted molar refractivity (Wildman–Crippen MR) is 90.5 cm³/mol. The number of carboxylic acid groups (broad SMARTS) is 2. The Morgan fingerprint density at radius 1 is 0.909 bits per heavy atom. The molecule has 0 spiro atoms. The van der Waals surface area contributed by atoms with Crippen LogP contribution in [0.2, 0.25) is 0 Å². The quantitative estimate of drug-likeness (QED) is 0.607. The minimum atomic E-state index is -1.20. The predicted octanol–water partition coefficient (Wildman–Crippen LogP) is 2.30. The second kappa shape index (κ2) is 7.52. The number of hydrogen-bond acceptors (Lipinski definition) is 4. The monoisotopic (exact) mass is 342 g/mol. The van der Waals surface area contributed by atoms with Gasteiger partial charge in [-0.3, -0.25) is 9.80 Å². The summed E-state index contributed by atoms with van der Waals surface area (Å²) in [7, 11) is 2.60. The zero-order chi connectivity index (χ0) is 16.9. The molecule has 1 aromatic rings. The van der Waals surface area contributed by atoms with Crippen LogP contribution in [0, 0.1) is 0 Å². The van der Waals surface area contributed by atoms with Crippen molar-refractivity contribution >= 4 is 58.2 Å². The highest BCUT2D eigenvalue weighted by molar-refractivity contribution is 7.80. The Balaban J connectivity index is 2.91. The lowest BCUT2D eigenvalue weighted by Gasteiger charge is -2.20. The molecule has 0 radical (unpaired) electrons. The molecule has 118 valence electrons. The average molecular weight is 342 g/mol. The highest BCUT2D eigenvalue weighted by Gasteiger charge is 2.15. The van der Waals surface area contributed by atoms with Gasteiger partial charge in [0.1, 0.15) is 0 Å². The molecule has 8 nitrogen and oxygen atoms in total. The van der Waals surface area contributed by atoms with E-state index in [1.165, 1.54) is 14.1 Å². The summed E-state index contributed by atoms with van der Waals surface area (Å²) in [5.74, 6) is 0. The molecule has 0 fully saturated rings. The van der Waals surface area contributed by atoms with E-state index in [0.29, 0.717) is 11.4 Å². The van der Waals surface area contributed by atoms with E-state index in [1.54, 1.807) is 24.3 Å². The van der Waals surface area contributed by atoms with Crippen LogP contribution in [0.1, 0.15) is 0 Å². The van der Waals surface area contributed by atoms with Crippen molar-refractivity contribution in [1.29, 1.82) is 0 Å². The molecular weight excluding hydrogens is 328 g/mol. The second-order valence-electron chi connectivity index (χ2n) is 4.09. The van der Waals surface area contributed by atoms with Crippen molar-refractivity contribution in [3.05, 3.63) is 24.3 Å². The van der Waals surface area contributed by atoms with Gasteiger partial charge in [0, 0.05) is 14.1 Å². The van der Waals surface area contributed by atoms with Crippen LogP contribution in [0.4, 0.5) is 21.0 Å². The molecule has 0 heterocycles. The van der Waals surface area contributed by atoms with E-state index in [1.807, 2.05) is 0 Å². The minimum absolute atomic E-state index is 0.0285. The summed E-state index contributed by atoms with van der Waals surface area (Å²) in [5, 5.41) is 23.2. The number of amides is 2. The van der Waals surface area contributed by atoms with Gasteiger partial charge in [-0.2, -0.15) is 0 Å². The van der Waals surface area contributed by atoms with Gasteiger partial charge < -0.3 is 20.8 Å². The van der Waals surface area contributed by atoms with E-state index in [0.717, 1.165) is 9.80 Å². The van der Waals surface area contributed by atoms with Crippen LogP contribution < -0.4 is 10.6 Å². The number of benzene rings is 1. The van der Waals surface area contributed by atoms with Crippen LogP contribution in [-0.2, 0) is 0 Å². The van der Waals surface area contributed by atoms with Crippen LogP contribution in [0.3, 0.4) is 0 Å². The van der Waals surface area contributed by atoms with Gasteiger partial charge in [0.25, 0.3) is 0 Å². The molecule has 4 N–H and O–H groups in total. The van der Waals surface area contributed by atoms with Crippen molar-refractivity contribution in [2.24, 2.45) is 0 Å². The van der Waals surface area contributed by atoms with Gasteiger partial charge in [0.15, 0.2) is 10.2 Å². The number of carbonyl (C=O) groups is 2. The van der Waals surface area contributed by atoms with E-state index < -0.39 is 12.2 Å². The standard InChI is InChI=1S/C12H14N4O4S2/c1-15(11(17)18)9(21)13-7-5-3-4-6-8(7)14-10(22)16(2)12(19)20/h3-6H,1-2H3,(H,13,21)(H,14,22)(H,17,18)(H,19,20). The summed E-state index contributed by atoms with van der Waals surface area (Å²) in [6, 6.07) is 6.71. The molecule has 10 heteroatoms. The van der Waals surface area contributed by atoms with Crippen LogP contribution in [0.25, 0.3) is 0 Å². The van der Waals surface area contributed by atoms with Gasteiger partial charge in [-0.15, -0.1) is 0 Å². The SMILES string of the molecule is CN(C(=O)O)C(=S)Nc1ccccc1NC(=S)N(C)C(=O)O. The fourth-order valence-electron chi connectivity index (χ4n) is 1.27. The number of nitrogens with one attached hydrogen (secondary N) is 2. The Kier molecular flexibility index (Phi) is 6.01. The second-order valence-corrected chi connectivity index (χ2v) is 4.86. The van der Waals surface area contributed by atoms with Crippen LogP contribution in [-0.4, -0.2) is 56.5 Å². The van der Waals surface area contributed by atoms with Gasteiger partial charge >= 0.3 is 12.2 Å². The van der Waals surface area contributed by atoms with Gasteiger partial charge in [-0.1, -0.05) is 12.1 Å². The molecule has 0 aliphatic carbocycles. The lowest BCUT2D eigenvalue weighted by atomic mass is 10.2. The average Bonchev–Trinajstić information content (AvgIpc) is 2.47. The first kappa shape index (κ1) is 17.6. The van der Waals surface area contributed by atoms with E-state index in [4.69, 9.17) is 34.6 Å². The first-order valence-corrected chi connectivity index (χ1v) is 6.70. The zero-order valence-electron chi connectivity index (χ0n) is 11.7. The Labute approximate surface area is 137 Å². The summed E-state index contributed by atoms with van der Waals surface area (Å²) < 4.78 is 0. The maximum Gasteiger partial charge on any atom is 0.413 e. The molecule has 0 aromatic heterocycles. The highest BCUT2D eigenvalue weighted by atomic mass is 32.1. The van der Waals surface area contributed by atoms with E-state index >= 15 is 0 Å². The Morgan fingerprint density at radius 3 is 1.50 bits per heavy atom. The van der Waals surface area contributed by atoms with E-state index in [-0.39, 0.29) is 10.2 Å². The summed E-state index contributed by atoms with van der Waals surface area (Å²) >= 11 is 9.94. The number of rotatable bonds is 2. The Bertz CT molecular complexity index is 570. The van der Waals surface area contributed by atoms with Crippen molar-refractivity contribution in [2.75, 3.05) is 24.7 Å². The number of hydrogen-bond donors (Lipinski definition) is 4. The largest absolute Gasteiger partial charge is 0.465 e. The molecule has 0 aliphatic heterocycles. The van der Waals surface area contributed by atoms with Crippen LogP contribution in [0.15, 0.2) is 24.3 Å². The van der Waals surface area contributed by atoms with Gasteiger partial charge in [-0.05, 0) is 36.6 Å². The summed E-state index contributed by atoms with van der Waals surface area (Å²) in [6.45, 7) is 0. The first-order valence-electron chi connectivity index (χ1n) is 5.88. The molecule has 0 unspecified atom stereocenters. The fraction of sp³-hybridized carbons (Fsp3) is 0.167. The third-order valence-electron chi connectivity index (χ3n) is 2.59. The Hall–Kier alpha value is -2.46. The highest BCUT2D eigenvalue weighted by Crippen LogP contribution is 2.21. The maximum atomic E-state index is 10.8. The zero-order valence-corrected chi connectivity index (χ0v) is 13.4. The van der Waals surface area contributed by atoms with Crippen molar-refractivity contribution < 1.29 is 19.8 Å². The van der Waals surface area contributed by atoms with Crippen LogP contribution in [0.5, 0.6) is 0 Å². The number of para-hydroxylation sites is 2. The lowest BCUT2D eigenvalue weighted by Crippen LogP contribution is -2.37. The van der Waals surface area contributed by atoms with Crippen molar-refractivity contribution in [3.63, 3.8) is 0 Å². The number of anilines is 2. The van der Waals surface area contributed by atoms with E-state index in [2.05, 4.69) is 10.6 Å². The van der Waals surface area contributed by atoms with E-state index in [9.17, 15) is 9.59 Å². The molecular formula is C12H14N4O4S2. The molecule has 22 heavy (non-hydrogen) atoms. The maximum absolute atomic E-state index is 10.8. The third-order valence-corrected chi connectivity index (χ3v) is 3.35. The third kappa shape index (κ3) is 4.53.